The molecule has 0 aromatic heterocycles. The van der Waals surface area contributed by atoms with Gasteiger partial charge in [0.15, 0.2) is 5.75 Å². The van der Waals surface area contributed by atoms with E-state index < -0.39 is 23.3 Å². The quantitative estimate of drug-likeness (QED) is 0.317. The number of halogens is 7. The number of imide groups is 1. The van der Waals surface area contributed by atoms with Crippen molar-refractivity contribution in [3.8, 4) is 11.5 Å². The minimum absolute atomic E-state index is 0.0331. The van der Waals surface area contributed by atoms with Gasteiger partial charge in [0.2, 0.25) is 0 Å². The standard InChI is InChI=1S/C20H9Cl6FN2O3/c21-8-4-5-9(22)14(6-8)32-18-11(24)7-13(16(25)17(18)26)28-20(31)29-19(30)15-10(23)2-1-3-12(15)27/h1-7H,(H2,28,29,30,31). The smallest absolute Gasteiger partial charge is 0.326 e. The van der Waals surface area contributed by atoms with Gasteiger partial charge in [0, 0.05) is 11.1 Å². The molecule has 0 aliphatic carbocycles. The van der Waals surface area contributed by atoms with Crippen molar-refractivity contribution in [3.05, 3.63) is 84.0 Å². The molecular weight excluding hydrogens is 548 g/mol. The maximum Gasteiger partial charge on any atom is 0.326 e. The van der Waals surface area contributed by atoms with Crippen molar-refractivity contribution in [2.45, 2.75) is 0 Å². The monoisotopic (exact) mass is 554 g/mol. The highest BCUT2D eigenvalue weighted by Gasteiger charge is 2.22. The van der Waals surface area contributed by atoms with Gasteiger partial charge in [-0.1, -0.05) is 75.7 Å². The zero-order valence-electron chi connectivity index (χ0n) is 15.4. The molecule has 0 saturated heterocycles. The fourth-order valence-electron chi connectivity index (χ4n) is 2.46. The Morgan fingerprint density at radius 1 is 0.844 bits per heavy atom. The van der Waals surface area contributed by atoms with Gasteiger partial charge in [0.05, 0.1) is 31.3 Å². The topological polar surface area (TPSA) is 67.4 Å². The number of urea groups is 1. The summed E-state index contributed by atoms with van der Waals surface area (Å²) in [4.78, 5) is 24.4. The van der Waals surface area contributed by atoms with Crippen LogP contribution in [0.3, 0.4) is 0 Å². The molecule has 0 atom stereocenters. The lowest BCUT2D eigenvalue weighted by Gasteiger charge is -2.15. The summed E-state index contributed by atoms with van der Waals surface area (Å²) >= 11 is 36.5. The lowest BCUT2D eigenvalue weighted by Crippen LogP contribution is -2.35. The highest BCUT2D eigenvalue weighted by Crippen LogP contribution is 2.46. The summed E-state index contributed by atoms with van der Waals surface area (Å²) in [6, 6.07) is 8.38. The Kier molecular flexibility index (Phi) is 7.98. The second-order valence-corrected chi connectivity index (χ2v) is 8.46. The lowest BCUT2D eigenvalue weighted by atomic mass is 10.2. The molecule has 0 radical (unpaired) electrons. The van der Waals surface area contributed by atoms with Crippen LogP contribution in [0.4, 0.5) is 14.9 Å². The summed E-state index contributed by atoms with van der Waals surface area (Å²) in [5, 5.41) is 4.35. The van der Waals surface area contributed by atoms with Crippen LogP contribution in [0, 0.1) is 5.82 Å². The van der Waals surface area contributed by atoms with Crippen molar-refractivity contribution in [2.24, 2.45) is 0 Å². The largest absolute Gasteiger partial charge is 0.453 e. The lowest BCUT2D eigenvalue weighted by molar-refractivity contribution is 0.0963. The molecule has 166 valence electrons. The van der Waals surface area contributed by atoms with Gasteiger partial charge in [0.1, 0.15) is 16.6 Å². The number of amides is 3. The number of nitrogens with one attached hydrogen (secondary N) is 2. The molecule has 0 saturated carbocycles. The number of carbonyl (C=O) groups is 2. The van der Waals surface area contributed by atoms with E-state index in [4.69, 9.17) is 74.3 Å². The highest BCUT2D eigenvalue weighted by atomic mass is 35.5. The zero-order chi connectivity index (χ0) is 23.6. The summed E-state index contributed by atoms with van der Waals surface area (Å²) in [7, 11) is 0. The Morgan fingerprint density at radius 2 is 1.56 bits per heavy atom. The van der Waals surface area contributed by atoms with Crippen LogP contribution in [0.5, 0.6) is 11.5 Å². The number of benzene rings is 3. The fraction of sp³-hybridized carbons (Fsp3) is 0. The van der Waals surface area contributed by atoms with Gasteiger partial charge in [-0.15, -0.1) is 0 Å². The molecule has 2 N–H and O–H groups in total. The van der Waals surface area contributed by atoms with Gasteiger partial charge < -0.3 is 10.1 Å². The van der Waals surface area contributed by atoms with E-state index in [-0.39, 0.29) is 42.3 Å². The Labute approximate surface area is 211 Å². The maximum atomic E-state index is 13.9. The van der Waals surface area contributed by atoms with Crippen LogP contribution in [0.2, 0.25) is 30.1 Å². The minimum Gasteiger partial charge on any atom is -0.453 e. The van der Waals surface area contributed by atoms with Gasteiger partial charge in [-0.05, 0) is 30.3 Å². The molecule has 0 bridgehead atoms. The molecule has 3 rings (SSSR count). The van der Waals surface area contributed by atoms with E-state index in [9.17, 15) is 14.0 Å². The molecule has 0 heterocycles. The molecule has 0 aliphatic rings. The summed E-state index contributed by atoms with van der Waals surface area (Å²) in [5.41, 5.74) is -0.537. The first-order valence-corrected chi connectivity index (χ1v) is 10.7. The summed E-state index contributed by atoms with van der Waals surface area (Å²) in [6.07, 6.45) is 0. The third-order valence-corrected chi connectivity index (χ3v) is 5.88. The van der Waals surface area contributed by atoms with Gasteiger partial charge in [-0.25, -0.2) is 9.18 Å². The van der Waals surface area contributed by atoms with Crippen LogP contribution < -0.4 is 15.4 Å². The first kappa shape index (κ1) is 24.7. The van der Waals surface area contributed by atoms with Crippen molar-refractivity contribution in [2.75, 3.05) is 5.32 Å². The molecule has 32 heavy (non-hydrogen) atoms. The van der Waals surface area contributed by atoms with E-state index in [0.717, 1.165) is 6.07 Å². The molecule has 3 aromatic rings. The number of anilines is 1. The molecule has 0 unspecified atom stereocenters. The molecule has 12 heteroatoms. The van der Waals surface area contributed by atoms with E-state index in [1.54, 1.807) is 6.07 Å². The third-order valence-electron chi connectivity index (χ3n) is 3.89. The normalized spacial score (nSPS) is 10.6. The SMILES string of the molecule is O=C(NC(=O)c1c(F)cccc1Cl)Nc1cc(Cl)c(Oc2cc(Cl)ccc2Cl)c(Cl)c1Cl. The van der Waals surface area contributed by atoms with Crippen molar-refractivity contribution in [1.29, 1.82) is 0 Å². The number of ether oxygens (including phenoxy) is 1. The zero-order valence-corrected chi connectivity index (χ0v) is 19.9. The van der Waals surface area contributed by atoms with E-state index in [0.29, 0.717) is 5.02 Å². The maximum absolute atomic E-state index is 13.9. The number of rotatable bonds is 4. The van der Waals surface area contributed by atoms with Crippen LogP contribution in [-0.4, -0.2) is 11.9 Å². The van der Waals surface area contributed by atoms with Gasteiger partial charge >= 0.3 is 6.03 Å². The fourth-order valence-corrected chi connectivity index (χ4v) is 3.75. The first-order chi connectivity index (χ1) is 15.1. The Morgan fingerprint density at radius 3 is 2.25 bits per heavy atom. The van der Waals surface area contributed by atoms with Crippen LogP contribution >= 0.6 is 69.6 Å². The summed E-state index contributed by atoms with van der Waals surface area (Å²) < 4.78 is 19.5. The Hall–Kier alpha value is -1.93. The van der Waals surface area contributed by atoms with E-state index in [2.05, 4.69) is 5.32 Å². The average Bonchev–Trinajstić information content (AvgIpc) is 2.71. The van der Waals surface area contributed by atoms with Gasteiger partial charge in [0.25, 0.3) is 5.91 Å². The van der Waals surface area contributed by atoms with Crippen LogP contribution in [0.25, 0.3) is 0 Å². The van der Waals surface area contributed by atoms with E-state index in [1.807, 2.05) is 5.32 Å². The minimum atomic E-state index is -1.06. The van der Waals surface area contributed by atoms with Crippen LogP contribution in [0.15, 0.2) is 42.5 Å². The molecule has 5 nitrogen and oxygen atoms in total. The van der Waals surface area contributed by atoms with Gasteiger partial charge in [-0.2, -0.15) is 0 Å². The van der Waals surface area contributed by atoms with Crippen molar-refractivity contribution >= 4 is 87.2 Å². The molecule has 0 aliphatic heterocycles. The summed E-state index contributed by atoms with van der Waals surface area (Å²) in [6.45, 7) is 0. The van der Waals surface area contributed by atoms with Gasteiger partial charge in [-0.3, -0.25) is 10.1 Å². The molecule has 0 fully saturated rings. The Bertz CT molecular complexity index is 1220. The second kappa shape index (κ2) is 10.3. The molecule has 3 amide bonds. The molecule has 0 spiro atoms. The van der Waals surface area contributed by atoms with E-state index >= 15 is 0 Å². The van der Waals surface area contributed by atoms with Crippen molar-refractivity contribution in [1.82, 2.24) is 5.32 Å². The number of hydrogen-bond acceptors (Lipinski definition) is 3. The second-order valence-electron chi connectivity index (χ2n) is 6.04. The van der Waals surface area contributed by atoms with Crippen molar-refractivity contribution in [3.63, 3.8) is 0 Å². The van der Waals surface area contributed by atoms with Crippen LogP contribution in [0.1, 0.15) is 10.4 Å². The predicted octanol–water partition coefficient (Wildman–Crippen LogP) is 8.50. The average molecular weight is 557 g/mol. The predicted molar refractivity (Wildman–Crippen MR) is 126 cm³/mol. The van der Waals surface area contributed by atoms with E-state index in [1.165, 1.54) is 30.3 Å². The summed E-state index contributed by atoms with van der Waals surface area (Å²) in [5.74, 6) is -1.82. The third kappa shape index (κ3) is 5.52. The van der Waals surface area contributed by atoms with Crippen molar-refractivity contribution < 1.29 is 18.7 Å². The first-order valence-electron chi connectivity index (χ1n) is 8.45. The molecular formula is C20H9Cl6FN2O3. The number of hydrogen-bond donors (Lipinski definition) is 2. The highest BCUT2D eigenvalue weighted by molar-refractivity contribution is 6.47. The Balaban J connectivity index is 1.81. The van der Waals surface area contributed by atoms with Crippen LogP contribution in [-0.2, 0) is 0 Å². The molecule has 3 aromatic carbocycles. The number of carbonyl (C=O) groups excluding carboxylic acids is 2.